The van der Waals surface area contributed by atoms with E-state index in [2.05, 4.69) is 37.2 Å². The number of carbonyl (C=O) groups is 1. The van der Waals surface area contributed by atoms with Gasteiger partial charge in [-0.15, -0.1) is 0 Å². The molecule has 33 heavy (non-hydrogen) atoms. The quantitative estimate of drug-likeness (QED) is 0.277. The predicted octanol–water partition coefficient (Wildman–Crippen LogP) is 7.91. The molecule has 0 saturated heterocycles. The molecule has 0 spiro atoms. The molecule has 0 amide bonds. The summed E-state index contributed by atoms with van der Waals surface area (Å²) in [4.78, 5) is 15.4. The number of carbonyl (C=O) groups excluding carboxylic acids is 1. The first-order valence-electron chi connectivity index (χ1n) is 10.9. The summed E-state index contributed by atoms with van der Waals surface area (Å²) in [6.07, 6.45) is 4.49. The Labute approximate surface area is 203 Å². The smallest absolute Gasteiger partial charge is 0.236 e. The number of hydrogen-bond acceptors (Lipinski definition) is 4. The van der Waals surface area contributed by atoms with Crippen LogP contribution in [0.1, 0.15) is 61.7 Å². The summed E-state index contributed by atoms with van der Waals surface area (Å²) >= 11 is 6.24. The fraction of sp³-hybridized carbons (Fsp3) is 0.286. The number of pyridine rings is 1. The molecule has 0 aliphatic carbocycles. The van der Waals surface area contributed by atoms with Crippen LogP contribution in [0.15, 0.2) is 60.7 Å². The summed E-state index contributed by atoms with van der Waals surface area (Å²) in [5.41, 5.74) is 7.68. The molecule has 176 valence electrons. The van der Waals surface area contributed by atoms with Gasteiger partial charge in [0.15, 0.2) is 6.29 Å². The Balaban J connectivity index is 0.00000265. The van der Waals surface area contributed by atoms with Gasteiger partial charge in [-0.25, -0.2) is 0 Å². The Morgan fingerprint density at radius 1 is 1.18 bits per heavy atom. The maximum atomic E-state index is 11.1. The molecule has 0 saturated carbocycles. The molecule has 0 radical (unpaired) electrons. The highest BCUT2D eigenvalue weighted by Gasteiger charge is 2.15. The first-order valence-corrected chi connectivity index (χ1v) is 11.2. The fourth-order valence-electron chi connectivity index (χ4n) is 3.40. The van der Waals surface area contributed by atoms with Crippen LogP contribution >= 0.6 is 11.6 Å². The van der Waals surface area contributed by atoms with Gasteiger partial charge in [0.2, 0.25) is 11.8 Å². The molecule has 0 aliphatic rings. The fourth-order valence-corrected chi connectivity index (χ4v) is 3.62. The van der Waals surface area contributed by atoms with Crippen LogP contribution < -0.4 is 9.47 Å². The molecule has 2 aromatic rings. The van der Waals surface area contributed by atoms with E-state index in [-0.39, 0.29) is 29.0 Å². The number of aldehydes is 1. The van der Waals surface area contributed by atoms with Crippen LogP contribution in [0.5, 0.6) is 11.8 Å². The number of aromatic nitrogens is 1. The van der Waals surface area contributed by atoms with Crippen molar-refractivity contribution in [3.05, 3.63) is 88.0 Å². The number of methoxy groups -OCH3 is 1. The summed E-state index contributed by atoms with van der Waals surface area (Å²) in [5.74, 6) is 0.375. The van der Waals surface area contributed by atoms with Gasteiger partial charge < -0.3 is 9.47 Å². The number of hydrogen-bond donors (Lipinski definition) is 0. The highest BCUT2D eigenvalue weighted by Crippen LogP contribution is 2.32. The van der Waals surface area contributed by atoms with Gasteiger partial charge in [0, 0.05) is 0 Å². The molecule has 0 bridgehead atoms. The van der Waals surface area contributed by atoms with Crippen LogP contribution in [0.3, 0.4) is 0 Å². The van der Waals surface area contributed by atoms with Crippen LogP contribution in [-0.2, 0) is 0 Å². The van der Waals surface area contributed by atoms with E-state index in [1.54, 1.807) is 0 Å². The van der Waals surface area contributed by atoms with E-state index >= 15 is 0 Å². The van der Waals surface area contributed by atoms with E-state index in [4.69, 9.17) is 21.1 Å². The van der Waals surface area contributed by atoms with E-state index in [1.807, 2.05) is 52.8 Å². The van der Waals surface area contributed by atoms with Crippen LogP contribution in [0, 0.1) is 6.92 Å². The Hall–Kier alpha value is -3.11. The topological polar surface area (TPSA) is 48.4 Å². The third-order valence-electron chi connectivity index (χ3n) is 5.14. The van der Waals surface area contributed by atoms with Crippen molar-refractivity contribution < 1.29 is 14.3 Å². The van der Waals surface area contributed by atoms with Crippen molar-refractivity contribution in [2.45, 2.75) is 41.5 Å². The normalized spacial score (nSPS) is 11.6. The largest absolute Gasteiger partial charge is 0.480 e. The third kappa shape index (κ3) is 6.69. The molecule has 5 heteroatoms. The minimum Gasteiger partial charge on any atom is -0.480 e. The number of nitrogens with zero attached hydrogens (tertiary/aromatic N) is 1. The van der Waals surface area contributed by atoms with Crippen molar-refractivity contribution >= 4 is 29.0 Å². The third-order valence-corrected chi connectivity index (χ3v) is 5.41. The van der Waals surface area contributed by atoms with E-state index in [1.165, 1.54) is 13.2 Å². The summed E-state index contributed by atoms with van der Waals surface area (Å²) in [5, 5.41) is 0.244. The average Bonchev–Trinajstić information content (AvgIpc) is 2.82. The number of benzene rings is 1. The molecule has 0 fully saturated rings. The number of rotatable bonds is 9. The van der Waals surface area contributed by atoms with E-state index in [0.29, 0.717) is 6.29 Å². The second-order valence-corrected chi connectivity index (χ2v) is 7.50. The molecule has 0 unspecified atom stereocenters. The Kier molecular flexibility index (Phi) is 11.4. The van der Waals surface area contributed by atoms with Crippen molar-refractivity contribution in [2.24, 2.45) is 0 Å². The van der Waals surface area contributed by atoms with Crippen molar-refractivity contribution in [1.29, 1.82) is 0 Å². The Bertz CT molecular complexity index is 1080. The zero-order chi connectivity index (χ0) is 25.1. The lowest BCUT2D eigenvalue weighted by molar-refractivity contribution is 0.111. The molecule has 4 nitrogen and oxygen atoms in total. The first-order chi connectivity index (χ1) is 15.8. The van der Waals surface area contributed by atoms with E-state index < -0.39 is 0 Å². The van der Waals surface area contributed by atoms with Gasteiger partial charge in [-0.1, -0.05) is 74.5 Å². The van der Waals surface area contributed by atoms with Crippen molar-refractivity contribution in [1.82, 2.24) is 4.98 Å². The van der Waals surface area contributed by atoms with Gasteiger partial charge in [0.25, 0.3) is 0 Å². The molecular weight excluding hydrogens is 434 g/mol. The second kappa shape index (κ2) is 13.4. The van der Waals surface area contributed by atoms with Crippen LogP contribution in [0.2, 0.25) is 5.02 Å². The lowest BCUT2D eigenvalue weighted by Crippen LogP contribution is -2.07. The molecule has 0 atom stereocenters. The molecule has 1 aromatic carbocycles. The lowest BCUT2D eigenvalue weighted by atomic mass is 9.89. The van der Waals surface area contributed by atoms with Crippen LogP contribution in [0.4, 0.5) is 0 Å². The molecule has 2 rings (SSSR count). The van der Waals surface area contributed by atoms with Crippen molar-refractivity contribution in [2.75, 3.05) is 13.7 Å². The second-order valence-electron chi connectivity index (χ2n) is 7.10. The first kappa shape index (κ1) is 27.9. The van der Waals surface area contributed by atoms with Gasteiger partial charge in [0.05, 0.1) is 12.7 Å². The summed E-state index contributed by atoms with van der Waals surface area (Å²) < 4.78 is 11.0. The molecular formula is C28H34ClNO3. The molecule has 0 N–H and O–H groups in total. The maximum absolute atomic E-state index is 11.1. The van der Waals surface area contributed by atoms with E-state index in [9.17, 15) is 4.79 Å². The van der Waals surface area contributed by atoms with Gasteiger partial charge in [-0.05, 0) is 67.2 Å². The molecule has 1 aromatic heterocycles. The zero-order valence-corrected chi connectivity index (χ0v) is 21.5. The number of halogens is 1. The van der Waals surface area contributed by atoms with E-state index in [0.717, 1.165) is 39.0 Å². The highest BCUT2D eigenvalue weighted by atomic mass is 35.5. The molecule has 1 heterocycles. The van der Waals surface area contributed by atoms with Gasteiger partial charge in [0.1, 0.15) is 11.6 Å². The minimum absolute atomic E-state index is 0.169. The maximum Gasteiger partial charge on any atom is 0.236 e. The summed E-state index contributed by atoms with van der Waals surface area (Å²) in [6, 6.07) is 7.66. The van der Waals surface area contributed by atoms with Crippen molar-refractivity contribution in [3.63, 3.8) is 0 Å². The highest BCUT2D eigenvalue weighted by molar-refractivity contribution is 6.32. The Morgan fingerprint density at radius 3 is 2.33 bits per heavy atom. The zero-order valence-electron chi connectivity index (χ0n) is 20.7. The summed E-state index contributed by atoms with van der Waals surface area (Å²) in [6.45, 7) is 20.4. The minimum atomic E-state index is 0.169. The summed E-state index contributed by atoms with van der Waals surface area (Å²) in [7, 11) is 1.44. The standard InChI is InChI=1S/C26H28ClNO3.C2H6/c1-8-19(15-31-26-24(27)13-20(14-29)25(28-26)30-7)17(5)21(9-2)23-12-10-11-22(16(3)4)18(23)6;1-2/h8-14H,2-3,15H2,1,4-7H3;1-2H3/b19-8-,21-17+;. The monoisotopic (exact) mass is 467 g/mol. The number of ether oxygens (including phenoxy) is 2. The van der Waals surface area contributed by atoms with Crippen LogP contribution in [-0.4, -0.2) is 25.0 Å². The predicted molar refractivity (Wildman–Crippen MR) is 140 cm³/mol. The van der Waals surface area contributed by atoms with Gasteiger partial charge >= 0.3 is 0 Å². The molecule has 0 aliphatic heterocycles. The van der Waals surface area contributed by atoms with Crippen molar-refractivity contribution in [3.8, 4) is 11.8 Å². The van der Waals surface area contributed by atoms with Gasteiger partial charge in [-0.2, -0.15) is 4.98 Å². The van der Waals surface area contributed by atoms with Crippen LogP contribution in [0.25, 0.3) is 11.1 Å². The lowest BCUT2D eigenvalue weighted by Gasteiger charge is -2.17. The Morgan fingerprint density at radius 2 is 1.82 bits per heavy atom. The average molecular weight is 468 g/mol. The number of allylic oxidation sites excluding steroid dienone is 4. The van der Waals surface area contributed by atoms with Gasteiger partial charge in [-0.3, -0.25) is 4.79 Å². The SMILES string of the molecule is C=C/C(=C(C)\C(=C/C)COc1nc(OC)c(C=O)cc1Cl)c1cccc(C(=C)C)c1C.CC.